The van der Waals surface area contributed by atoms with Crippen LogP contribution in [0.1, 0.15) is 19.3 Å². The van der Waals surface area contributed by atoms with E-state index >= 15 is 0 Å². The van der Waals surface area contributed by atoms with Crippen LogP contribution in [0, 0.1) is 0 Å². The molecule has 8 heteroatoms. The van der Waals surface area contributed by atoms with Crippen molar-refractivity contribution in [2.75, 3.05) is 11.9 Å². The van der Waals surface area contributed by atoms with E-state index in [9.17, 15) is 8.42 Å². The minimum Gasteiger partial charge on any atom is -0.367 e. The van der Waals surface area contributed by atoms with E-state index in [1.54, 1.807) is 0 Å². The van der Waals surface area contributed by atoms with E-state index in [1.165, 1.54) is 12.5 Å². The summed E-state index contributed by atoms with van der Waals surface area (Å²) in [5.41, 5.74) is 0. The lowest BCUT2D eigenvalue weighted by Crippen LogP contribution is -2.53. The molecule has 1 fully saturated rings. The van der Waals surface area contributed by atoms with Gasteiger partial charge in [-0.15, -0.1) is 0 Å². The Balaban J connectivity index is 2.10. The second-order valence-electron chi connectivity index (χ2n) is 4.15. The number of aromatic nitrogens is 2. The molecule has 94 valence electrons. The zero-order valence-electron chi connectivity index (χ0n) is 9.06. The fraction of sp³-hybridized carbons (Fsp3) is 0.556. The Morgan fingerprint density at radius 3 is 2.71 bits per heavy atom. The highest BCUT2D eigenvalue weighted by molar-refractivity contribution is 7.90. The Hall–Kier alpha value is -0.920. The topological polar surface area (TPSA) is 98.0 Å². The standard InChI is InChI=1S/C9H13ClN4O2S/c10-7-4-12-6-14-8(7)13-5-9(2-1-3-9)17(11,15)16/h4,6H,1-3,5H2,(H2,11,15,16)(H,12,13,14). The van der Waals surface area contributed by atoms with Crippen molar-refractivity contribution in [2.24, 2.45) is 5.14 Å². The second kappa shape index (κ2) is 4.40. The first-order valence-corrected chi connectivity index (χ1v) is 7.09. The van der Waals surface area contributed by atoms with E-state index in [4.69, 9.17) is 16.7 Å². The summed E-state index contributed by atoms with van der Waals surface area (Å²) < 4.78 is 22.2. The number of hydrogen-bond donors (Lipinski definition) is 2. The number of hydrogen-bond acceptors (Lipinski definition) is 5. The number of sulfonamides is 1. The monoisotopic (exact) mass is 276 g/mol. The van der Waals surface area contributed by atoms with Crippen LogP contribution < -0.4 is 10.5 Å². The Labute approximate surface area is 105 Å². The van der Waals surface area contributed by atoms with Crippen molar-refractivity contribution < 1.29 is 8.42 Å². The van der Waals surface area contributed by atoms with Crippen LogP contribution in [0.5, 0.6) is 0 Å². The Morgan fingerprint density at radius 2 is 2.24 bits per heavy atom. The molecule has 1 heterocycles. The third-order valence-corrected chi connectivity index (χ3v) is 5.15. The largest absolute Gasteiger partial charge is 0.367 e. The first-order chi connectivity index (χ1) is 7.95. The van der Waals surface area contributed by atoms with Crippen molar-refractivity contribution in [2.45, 2.75) is 24.0 Å². The van der Waals surface area contributed by atoms with Gasteiger partial charge < -0.3 is 5.32 Å². The van der Waals surface area contributed by atoms with Crippen molar-refractivity contribution in [3.63, 3.8) is 0 Å². The molecular weight excluding hydrogens is 264 g/mol. The van der Waals surface area contributed by atoms with Gasteiger partial charge in [-0.1, -0.05) is 18.0 Å². The predicted molar refractivity (Wildman–Crippen MR) is 65.2 cm³/mol. The van der Waals surface area contributed by atoms with Crippen LogP contribution in [0.25, 0.3) is 0 Å². The number of primary sulfonamides is 1. The highest BCUT2D eigenvalue weighted by Crippen LogP contribution is 2.38. The molecule has 6 nitrogen and oxygen atoms in total. The Morgan fingerprint density at radius 1 is 1.53 bits per heavy atom. The molecule has 1 aromatic rings. The van der Waals surface area contributed by atoms with E-state index in [1.807, 2.05) is 0 Å². The van der Waals surface area contributed by atoms with E-state index in [0.29, 0.717) is 23.7 Å². The summed E-state index contributed by atoms with van der Waals surface area (Å²) >= 11 is 5.86. The molecule has 1 aliphatic carbocycles. The van der Waals surface area contributed by atoms with Gasteiger partial charge in [-0.05, 0) is 12.8 Å². The lowest BCUT2D eigenvalue weighted by molar-refractivity contribution is 0.351. The molecule has 0 bridgehead atoms. The van der Waals surface area contributed by atoms with Crippen molar-refractivity contribution in [3.05, 3.63) is 17.5 Å². The van der Waals surface area contributed by atoms with E-state index in [2.05, 4.69) is 15.3 Å². The molecule has 0 spiro atoms. The molecule has 0 aromatic carbocycles. The summed E-state index contributed by atoms with van der Waals surface area (Å²) in [4.78, 5) is 7.68. The van der Waals surface area contributed by atoms with Gasteiger partial charge in [0.05, 0.1) is 6.20 Å². The zero-order chi connectivity index (χ0) is 12.5. The third-order valence-electron chi connectivity index (χ3n) is 3.11. The highest BCUT2D eigenvalue weighted by Gasteiger charge is 2.47. The summed E-state index contributed by atoms with van der Waals surface area (Å²) in [6.45, 7) is 0.225. The molecule has 0 unspecified atom stereocenters. The molecule has 1 aliphatic rings. The number of anilines is 1. The first kappa shape index (κ1) is 12.5. The first-order valence-electron chi connectivity index (χ1n) is 5.16. The van der Waals surface area contributed by atoms with Gasteiger partial charge in [0, 0.05) is 6.54 Å². The second-order valence-corrected chi connectivity index (χ2v) is 6.52. The molecule has 1 aromatic heterocycles. The fourth-order valence-corrected chi connectivity index (χ4v) is 3.12. The van der Waals surface area contributed by atoms with Crippen LogP contribution in [0.2, 0.25) is 5.02 Å². The van der Waals surface area contributed by atoms with Crippen molar-refractivity contribution in [1.82, 2.24) is 9.97 Å². The van der Waals surface area contributed by atoms with E-state index < -0.39 is 14.8 Å². The maximum atomic E-state index is 11.5. The normalized spacial score (nSPS) is 18.5. The minimum atomic E-state index is -3.56. The fourth-order valence-electron chi connectivity index (χ4n) is 1.82. The van der Waals surface area contributed by atoms with Gasteiger partial charge in [0.25, 0.3) is 0 Å². The van der Waals surface area contributed by atoms with Gasteiger partial charge in [-0.3, -0.25) is 0 Å². The van der Waals surface area contributed by atoms with Crippen molar-refractivity contribution >= 4 is 27.4 Å². The number of nitrogens with zero attached hydrogens (tertiary/aromatic N) is 2. The Bertz CT molecular complexity index is 515. The van der Waals surface area contributed by atoms with Gasteiger partial charge in [0.1, 0.15) is 21.9 Å². The van der Waals surface area contributed by atoms with Crippen LogP contribution >= 0.6 is 11.6 Å². The van der Waals surface area contributed by atoms with Crippen molar-refractivity contribution in [1.29, 1.82) is 0 Å². The van der Waals surface area contributed by atoms with Gasteiger partial charge in [-0.2, -0.15) is 0 Å². The smallest absolute Gasteiger partial charge is 0.216 e. The molecule has 2 rings (SSSR count). The number of rotatable bonds is 4. The number of halogens is 1. The van der Waals surface area contributed by atoms with Crippen molar-refractivity contribution in [3.8, 4) is 0 Å². The number of nitrogens with two attached hydrogens (primary N) is 1. The lowest BCUT2D eigenvalue weighted by Gasteiger charge is -2.39. The third kappa shape index (κ3) is 2.36. The Kier molecular flexibility index (Phi) is 3.24. The average molecular weight is 277 g/mol. The van der Waals surface area contributed by atoms with Crippen LogP contribution in [0.3, 0.4) is 0 Å². The quantitative estimate of drug-likeness (QED) is 0.846. The molecule has 0 aliphatic heterocycles. The molecule has 1 saturated carbocycles. The summed E-state index contributed by atoms with van der Waals surface area (Å²) in [6, 6.07) is 0. The molecule has 0 radical (unpaired) electrons. The highest BCUT2D eigenvalue weighted by atomic mass is 35.5. The minimum absolute atomic E-state index is 0.225. The van der Waals surface area contributed by atoms with Crippen LogP contribution in [-0.4, -0.2) is 29.7 Å². The van der Waals surface area contributed by atoms with Gasteiger partial charge >= 0.3 is 0 Å². The van der Waals surface area contributed by atoms with E-state index in [-0.39, 0.29) is 6.54 Å². The zero-order valence-corrected chi connectivity index (χ0v) is 10.6. The summed E-state index contributed by atoms with van der Waals surface area (Å²) in [5.74, 6) is 0.427. The van der Waals surface area contributed by atoms with Crippen LogP contribution in [0.15, 0.2) is 12.5 Å². The average Bonchev–Trinajstić information content (AvgIpc) is 2.16. The summed E-state index contributed by atoms with van der Waals surface area (Å²) in [5, 5.41) is 8.52. The summed E-state index contributed by atoms with van der Waals surface area (Å²) in [6.07, 6.45) is 4.80. The van der Waals surface area contributed by atoms with E-state index in [0.717, 1.165) is 6.42 Å². The maximum Gasteiger partial charge on any atom is 0.216 e. The molecular formula is C9H13ClN4O2S. The maximum absolute atomic E-state index is 11.5. The molecule has 0 atom stereocenters. The number of nitrogens with one attached hydrogen (secondary N) is 1. The molecule has 17 heavy (non-hydrogen) atoms. The summed E-state index contributed by atoms with van der Waals surface area (Å²) in [7, 11) is -3.56. The molecule has 0 amide bonds. The van der Waals surface area contributed by atoms with Crippen LogP contribution in [0.4, 0.5) is 5.82 Å². The SMILES string of the molecule is NS(=O)(=O)C1(CNc2ncncc2Cl)CCC1. The van der Waals surface area contributed by atoms with Gasteiger partial charge in [0.15, 0.2) is 0 Å². The molecule has 0 saturated heterocycles. The van der Waals surface area contributed by atoms with Crippen LogP contribution in [-0.2, 0) is 10.0 Å². The van der Waals surface area contributed by atoms with Gasteiger partial charge in [0.2, 0.25) is 10.0 Å². The molecule has 3 N–H and O–H groups in total. The van der Waals surface area contributed by atoms with Gasteiger partial charge in [-0.25, -0.2) is 23.5 Å². The predicted octanol–water partition coefficient (Wildman–Crippen LogP) is 0.753. The lowest BCUT2D eigenvalue weighted by atomic mass is 9.84.